The van der Waals surface area contributed by atoms with Crippen LogP contribution >= 0.6 is 0 Å². The van der Waals surface area contributed by atoms with E-state index in [1.54, 1.807) is 0 Å². The van der Waals surface area contributed by atoms with Crippen molar-refractivity contribution in [2.45, 2.75) is 0 Å². The molecule has 0 aromatic carbocycles. The first-order chi connectivity index (χ1) is 9.08. The molecule has 0 aliphatic carbocycles. The van der Waals surface area contributed by atoms with Crippen LogP contribution in [0.25, 0.3) is 0 Å². The summed E-state index contributed by atoms with van der Waals surface area (Å²) in [6.07, 6.45) is -6.76. The van der Waals surface area contributed by atoms with E-state index in [2.05, 4.69) is 19.6 Å². The van der Waals surface area contributed by atoms with Crippen molar-refractivity contribution in [3.63, 3.8) is 0 Å². The maximum Gasteiger partial charge on any atom is 0.537 e. The molecule has 18 heteroatoms. The number of rotatable bonds is 0. The van der Waals surface area contributed by atoms with E-state index in [0.29, 0.717) is 0 Å². The van der Waals surface area contributed by atoms with Gasteiger partial charge in [0.25, 0.3) is 0 Å². The van der Waals surface area contributed by atoms with Gasteiger partial charge in [-0.1, -0.05) is 0 Å². The molecule has 8 N–H and O–H groups in total. The predicted octanol–water partition coefficient (Wildman–Crippen LogP) is 0.611. The van der Waals surface area contributed by atoms with Crippen LogP contribution in [0.15, 0.2) is 0 Å². The minimum Gasteiger partial charge on any atom is -0.448 e. The topological polar surface area (TPSA) is 267 Å². The quantitative estimate of drug-likeness (QED) is 0.114. The van der Waals surface area contributed by atoms with Crippen LogP contribution in [0.5, 0.6) is 0 Å². The summed E-state index contributed by atoms with van der Waals surface area (Å²) < 4.78 is 0. The first kappa shape index (κ1) is 36.8. The third-order valence-electron chi connectivity index (χ3n) is 0.312. The zero-order valence-electron chi connectivity index (χ0n) is 9.55. The first-order valence-corrected chi connectivity index (χ1v) is 3.26. The Bertz CT molecular complexity index is 223. The van der Waals surface area contributed by atoms with Crippen molar-refractivity contribution in [1.29, 1.82) is 0 Å². The van der Waals surface area contributed by atoms with Crippen LogP contribution in [-0.2, 0) is 53.4 Å². The van der Waals surface area contributed by atoms with E-state index in [4.69, 9.17) is 60.6 Å². The van der Waals surface area contributed by atoms with Crippen molar-refractivity contribution in [2.75, 3.05) is 0 Å². The van der Waals surface area contributed by atoms with Gasteiger partial charge in [-0.2, -0.15) is 21.0 Å². The Labute approximate surface area is 139 Å². The molecule has 0 aliphatic rings. The molecule has 136 valence electrons. The second-order valence-electron chi connectivity index (χ2n) is 1.43. The summed E-state index contributed by atoms with van der Waals surface area (Å²) in [5.41, 5.74) is 0. The van der Waals surface area contributed by atoms with Crippen LogP contribution in [0.3, 0.4) is 0 Å². The summed E-state index contributed by atoms with van der Waals surface area (Å²) >= 11 is 0. The molecule has 0 spiro atoms. The van der Waals surface area contributed by atoms with E-state index >= 15 is 0 Å². The van der Waals surface area contributed by atoms with Crippen LogP contribution in [0, 0.1) is 0 Å². The van der Waals surface area contributed by atoms with Crippen LogP contribution in [0.1, 0.15) is 0 Å². The van der Waals surface area contributed by atoms with Crippen LogP contribution in [0.4, 0.5) is 19.2 Å². The van der Waals surface area contributed by atoms with Gasteiger partial charge < -0.3 is 20.4 Å². The summed E-state index contributed by atoms with van der Waals surface area (Å²) in [5.74, 6) is 0. The van der Waals surface area contributed by atoms with Crippen molar-refractivity contribution >= 4 is 24.6 Å². The van der Waals surface area contributed by atoms with Gasteiger partial charge in [0.15, 0.2) is 0 Å². The van der Waals surface area contributed by atoms with Crippen LogP contribution in [-0.4, -0.2) is 66.1 Å². The maximum absolute atomic E-state index is 8.90. The Kier molecular flexibility index (Phi) is 52.5. The normalized spacial score (nSPS) is 6.00. The molecule has 0 saturated heterocycles. The molecule has 0 aromatic rings. The van der Waals surface area contributed by atoms with Gasteiger partial charge in [0, 0.05) is 33.8 Å². The summed E-state index contributed by atoms with van der Waals surface area (Å²) in [6.45, 7) is 0. The van der Waals surface area contributed by atoms with Gasteiger partial charge in [0.05, 0.1) is 0 Å². The summed E-state index contributed by atoms with van der Waals surface area (Å²) in [4.78, 5) is 46.2. The minimum atomic E-state index is -1.69. The first-order valence-electron chi connectivity index (χ1n) is 3.26. The van der Waals surface area contributed by atoms with E-state index in [1.165, 1.54) is 0 Å². The Morgan fingerprint density at radius 2 is 0.545 bits per heavy atom. The van der Waals surface area contributed by atoms with Crippen molar-refractivity contribution in [2.24, 2.45) is 0 Å². The van der Waals surface area contributed by atoms with Crippen molar-refractivity contribution in [3.8, 4) is 0 Å². The van der Waals surface area contributed by atoms with Gasteiger partial charge in [-0.25, -0.2) is 19.2 Å². The molecule has 16 nitrogen and oxygen atoms in total. The fraction of sp³-hybridized carbons (Fsp3) is 0. The van der Waals surface area contributed by atoms with E-state index in [9.17, 15) is 0 Å². The molecule has 0 aliphatic heterocycles. The summed E-state index contributed by atoms with van der Waals surface area (Å²) in [6, 6.07) is 0. The molecule has 0 bridgehead atoms. The fourth-order valence-electron chi connectivity index (χ4n) is 0. The Balaban J connectivity index is -0.0000000376. The van der Waals surface area contributed by atoms with Crippen LogP contribution < -0.4 is 0 Å². The molecule has 0 atom stereocenters. The maximum atomic E-state index is 8.90. The zero-order chi connectivity index (χ0) is 17.1. The van der Waals surface area contributed by atoms with Gasteiger partial charge in [0.1, 0.15) is 0 Å². The van der Waals surface area contributed by atoms with E-state index in [1.807, 2.05) is 0 Å². The predicted molar refractivity (Wildman–Crippen MR) is 47.0 cm³/mol. The Hall–Kier alpha value is -2.05. The van der Waals surface area contributed by atoms with Gasteiger partial charge in [-0.15, -0.1) is 0 Å². The smallest absolute Gasteiger partial charge is 0.448 e. The molecule has 0 rings (SSSR count). The average molecular weight is 426 g/mol. The third kappa shape index (κ3) is 146. The molecular weight excluding hydrogens is 418 g/mol. The van der Waals surface area contributed by atoms with Crippen molar-refractivity contribution in [3.05, 3.63) is 0 Å². The molecular formula is C4H8CoMnO16. The second kappa shape index (κ2) is 31.4. The monoisotopic (exact) mass is 426 g/mol. The van der Waals surface area contributed by atoms with Gasteiger partial charge in [-0.3, -0.25) is 19.6 Å². The van der Waals surface area contributed by atoms with Gasteiger partial charge in [0.2, 0.25) is 0 Å². The molecule has 0 aromatic heterocycles. The SMILES string of the molecule is O=C(O)OO.O=C(O)OO.O=C(O)OO.O=C(O)OO.[Co].[Mn]. The fourth-order valence-corrected chi connectivity index (χ4v) is 0. The van der Waals surface area contributed by atoms with Gasteiger partial charge in [-0.05, 0) is 0 Å². The molecule has 0 amide bonds. The van der Waals surface area contributed by atoms with Gasteiger partial charge >= 0.3 is 24.6 Å². The van der Waals surface area contributed by atoms with Crippen molar-refractivity contribution < 1.29 is 114 Å². The third-order valence-corrected chi connectivity index (χ3v) is 0.312. The Morgan fingerprint density at radius 1 is 0.500 bits per heavy atom. The molecule has 0 saturated carbocycles. The molecule has 0 heterocycles. The Morgan fingerprint density at radius 3 is 0.545 bits per heavy atom. The number of carboxylic acid groups (broad SMARTS) is 4. The number of hydrogen-bond acceptors (Lipinski definition) is 12. The standard InChI is InChI=1S/4CH2O4.Co.Mn/c4*2-1(3)5-4;;/h4*4H,(H,2,3);;. The molecule has 22 heavy (non-hydrogen) atoms. The molecule has 2 radical (unpaired) electrons. The second-order valence-corrected chi connectivity index (χ2v) is 1.43. The largest absolute Gasteiger partial charge is 0.537 e. The molecule has 0 fully saturated rings. The van der Waals surface area contributed by atoms with E-state index in [0.717, 1.165) is 0 Å². The average Bonchev–Trinajstić information content (AvgIpc) is 2.40. The molecule has 0 unspecified atom stereocenters. The summed E-state index contributed by atoms with van der Waals surface area (Å²) in [5, 5.41) is 57.2. The number of hydrogen-bond donors (Lipinski definition) is 8. The van der Waals surface area contributed by atoms with E-state index < -0.39 is 24.6 Å². The minimum absolute atomic E-state index is 0. The number of carbonyl (C=O) groups is 4. The van der Waals surface area contributed by atoms with Crippen LogP contribution in [0.2, 0.25) is 0 Å². The van der Waals surface area contributed by atoms with Crippen molar-refractivity contribution in [1.82, 2.24) is 0 Å². The zero-order valence-corrected chi connectivity index (χ0v) is 11.8. The van der Waals surface area contributed by atoms with E-state index in [-0.39, 0.29) is 33.8 Å². The summed E-state index contributed by atoms with van der Waals surface area (Å²) in [7, 11) is 0.